The maximum absolute atomic E-state index is 6.15. The van der Waals surface area contributed by atoms with Crippen molar-refractivity contribution in [2.75, 3.05) is 20.2 Å². The first kappa shape index (κ1) is 16.3. The summed E-state index contributed by atoms with van der Waals surface area (Å²) in [7, 11) is 2.11. The highest BCUT2D eigenvalue weighted by Crippen LogP contribution is 2.36. The van der Waals surface area contributed by atoms with Crippen molar-refractivity contribution in [3.05, 3.63) is 0 Å². The van der Waals surface area contributed by atoms with Crippen LogP contribution in [0.4, 0.5) is 0 Å². The average molecular weight is 282 g/mol. The van der Waals surface area contributed by atoms with Gasteiger partial charge in [0, 0.05) is 31.3 Å². The topological polar surface area (TPSA) is 24.5 Å². The maximum Gasteiger partial charge on any atom is 0.0692 e. The predicted octanol–water partition coefficient (Wildman–Crippen LogP) is 3.04. The summed E-state index contributed by atoms with van der Waals surface area (Å²) in [5.41, 5.74) is 0.145. The Morgan fingerprint density at radius 3 is 2.50 bits per heavy atom. The fourth-order valence-electron chi connectivity index (χ4n) is 4.34. The molecule has 20 heavy (non-hydrogen) atoms. The van der Waals surface area contributed by atoms with E-state index in [1.807, 2.05) is 0 Å². The number of likely N-dealkylation sites (tertiary alicyclic amines) is 1. The second kappa shape index (κ2) is 6.76. The molecule has 2 aliphatic rings. The van der Waals surface area contributed by atoms with Gasteiger partial charge in [-0.1, -0.05) is 20.8 Å². The smallest absolute Gasteiger partial charge is 0.0692 e. The molecule has 0 spiro atoms. The summed E-state index contributed by atoms with van der Waals surface area (Å²) in [4.78, 5) is 2.78. The molecule has 2 aliphatic heterocycles. The largest absolute Gasteiger partial charge is 0.375 e. The number of hydrogen-bond acceptors (Lipinski definition) is 3. The fraction of sp³-hybridized carbons (Fsp3) is 1.00. The summed E-state index contributed by atoms with van der Waals surface area (Å²) in [6, 6.07) is 2.08. The molecule has 0 aromatic carbocycles. The third kappa shape index (κ3) is 3.05. The van der Waals surface area contributed by atoms with Crippen molar-refractivity contribution < 1.29 is 4.74 Å². The Kier molecular flexibility index (Phi) is 5.49. The van der Waals surface area contributed by atoms with Crippen molar-refractivity contribution in [2.45, 2.75) is 83.5 Å². The Morgan fingerprint density at radius 1 is 1.20 bits per heavy atom. The molecule has 0 saturated carbocycles. The molecule has 0 aromatic rings. The van der Waals surface area contributed by atoms with Gasteiger partial charge in [0.2, 0.25) is 0 Å². The number of nitrogens with one attached hydrogen (secondary N) is 1. The van der Waals surface area contributed by atoms with E-state index in [9.17, 15) is 0 Å². The first-order chi connectivity index (χ1) is 9.56. The Morgan fingerprint density at radius 2 is 1.90 bits per heavy atom. The zero-order valence-corrected chi connectivity index (χ0v) is 14.1. The van der Waals surface area contributed by atoms with Crippen LogP contribution in [0.3, 0.4) is 0 Å². The van der Waals surface area contributed by atoms with Crippen LogP contribution in [-0.2, 0) is 4.74 Å². The van der Waals surface area contributed by atoms with Crippen LogP contribution in [0.15, 0.2) is 0 Å². The van der Waals surface area contributed by atoms with Crippen molar-refractivity contribution in [3.63, 3.8) is 0 Å². The molecule has 0 bridgehead atoms. The van der Waals surface area contributed by atoms with Crippen LogP contribution in [0.1, 0.15) is 59.8 Å². The molecule has 2 heterocycles. The molecule has 3 nitrogen and oxygen atoms in total. The van der Waals surface area contributed by atoms with E-state index in [1.165, 1.54) is 25.8 Å². The average Bonchev–Trinajstić information content (AvgIpc) is 2.50. The monoisotopic (exact) mass is 282 g/mol. The van der Waals surface area contributed by atoms with Gasteiger partial charge in [0.15, 0.2) is 0 Å². The lowest BCUT2D eigenvalue weighted by atomic mass is 9.81. The molecule has 3 heteroatoms. The summed E-state index contributed by atoms with van der Waals surface area (Å²) in [6.45, 7) is 11.6. The number of rotatable bonds is 4. The minimum absolute atomic E-state index is 0.145. The Balaban J connectivity index is 2.04. The Bertz CT molecular complexity index is 303. The number of nitrogens with zero attached hydrogens (tertiary/aromatic N) is 1. The van der Waals surface area contributed by atoms with Crippen molar-refractivity contribution in [1.29, 1.82) is 0 Å². The van der Waals surface area contributed by atoms with E-state index in [0.29, 0.717) is 12.1 Å². The molecule has 0 radical (unpaired) electrons. The van der Waals surface area contributed by atoms with Crippen LogP contribution in [-0.4, -0.2) is 48.8 Å². The zero-order valence-electron chi connectivity index (χ0n) is 14.1. The van der Waals surface area contributed by atoms with Gasteiger partial charge in [-0.3, -0.25) is 4.90 Å². The maximum atomic E-state index is 6.15. The van der Waals surface area contributed by atoms with Crippen LogP contribution >= 0.6 is 0 Å². The second-order valence-corrected chi connectivity index (χ2v) is 6.91. The molecule has 118 valence electrons. The molecule has 4 unspecified atom stereocenters. The highest BCUT2D eigenvalue weighted by molar-refractivity contribution is 4.95. The third-order valence-corrected chi connectivity index (χ3v) is 6.21. The van der Waals surface area contributed by atoms with Gasteiger partial charge in [-0.05, 0) is 52.0 Å². The summed E-state index contributed by atoms with van der Waals surface area (Å²) in [5.74, 6) is 0.731. The van der Waals surface area contributed by atoms with Crippen LogP contribution in [0.25, 0.3) is 0 Å². The van der Waals surface area contributed by atoms with E-state index < -0.39 is 0 Å². The van der Waals surface area contributed by atoms with E-state index in [-0.39, 0.29) is 5.60 Å². The Hall–Kier alpha value is -0.120. The lowest BCUT2D eigenvalue weighted by Gasteiger charge is -2.50. The summed E-state index contributed by atoms with van der Waals surface area (Å²) < 4.78 is 6.15. The first-order valence-corrected chi connectivity index (χ1v) is 8.64. The third-order valence-electron chi connectivity index (χ3n) is 6.21. The van der Waals surface area contributed by atoms with Gasteiger partial charge in [-0.25, -0.2) is 0 Å². The minimum atomic E-state index is 0.145. The molecule has 4 atom stereocenters. The zero-order chi connectivity index (χ0) is 14.8. The van der Waals surface area contributed by atoms with Gasteiger partial charge < -0.3 is 10.1 Å². The molecule has 0 aromatic heterocycles. The van der Waals surface area contributed by atoms with E-state index in [4.69, 9.17) is 4.74 Å². The summed E-state index contributed by atoms with van der Waals surface area (Å²) >= 11 is 0. The summed E-state index contributed by atoms with van der Waals surface area (Å²) in [5, 5.41) is 3.49. The molecule has 1 N–H and O–H groups in total. The number of ether oxygens (including phenoxy) is 1. The van der Waals surface area contributed by atoms with Crippen LogP contribution in [0.5, 0.6) is 0 Å². The highest BCUT2D eigenvalue weighted by atomic mass is 16.5. The van der Waals surface area contributed by atoms with Gasteiger partial charge in [0.05, 0.1) is 5.60 Å². The lowest BCUT2D eigenvalue weighted by Crippen LogP contribution is -2.58. The van der Waals surface area contributed by atoms with Gasteiger partial charge in [-0.2, -0.15) is 0 Å². The minimum Gasteiger partial charge on any atom is -0.375 e. The molecule has 0 aliphatic carbocycles. The van der Waals surface area contributed by atoms with Crippen molar-refractivity contribution in [2.24, 2.45) is 5.92 Å². The fourth-order valence-corrected chi connectivity index (χ4v) is 4.34. The summed E-state index contributed by atoms with van der Waals surface area (Å²) in [6.07, 6.45) is 6.02. The van der Waals surface area contributed by atoms with Gasteiger partial charge in [0.1, 0.15) is 0 Å². The Labute approximate surface area is 125 Å². The van der Waals surface area contributed by atoms with Crippen LogP contribution < -0.4 is 5.32 Å². The molecular weight excluding hydrogens is 248 g/mol. The molecule has 2 fully saturated rings. The molecule has 0 amide bonds. The first-order valence-electron chi connectivity index (χ1n) is 8.64. The highest BCUT2D eigenvalue weighted by Gasteiger charge is 2.41. The van der Waals surface area contributed by atoms with E-state index in [1.54, 1.807) is 0 Å². The van der Waals surface area contributed by atoms with Crippen molar-refractivity contribution in [3.8, 4) is 0 Å². The normalized spacial score (nSPS) is 38.9. The second-order valence-electron chi connectivity index (χ2n) is 6.91. The van der Waals surface area contributed by atoms with Crippen molar-refractivity contribution in [1.82, 2.24) is 10.2 Å². The molecular formula is C17H34N2O. The van der Waals surface area contributed by atoms with Gasteiger partial charge >= 0.3 is 0 Å². The van der Waals surface area contributed by atoms with Crippen LogP contribution in [0.2, 0.25) is 0 Å². The van der Waals surface area contributed by atoms with Crippen molar-refractivity contribution >= 4 is 0 Å². The van der Waals surface area contributed by atoms with Crippen LogP contribution in [0, 0.1) is 5.92 Å². The van der Waals surface area contributed by atoms with E-state index >= 15 is 0 Å². The SMILES string of the molecule is CCC1(CC)CC(N2CCC(NC)C(C)C2C)CCO1. The lowest BCUT2D eigenvalue weighted by molar-refractivity contribution is -0.121. The van der Waals surface area contributed by atoms with E-state index in [0.717, 1.165) is 31.4 Å². The van der Waals surface area contributed by atoms with E-state index in [2.05, 4.69) is 45.0 Å². The standard InChI is InChI=1S/C17H34N2O/c1-6-17(7-2)12-15(9-11-20-17)19-10-8-16(18-5)13(3)14(19)4/h13-16,18H,6-12H2,1-5H3. The van der Waals surface area contributed by atoms with Gasteiger partial charge in [0.25, 0.3) is 0 Å². The quantitative estimate of drug-likeness (QED) is 0.858. The number of hydrogen-bond donors (Lipinski definition) is 1. The van der Waals surface area contributed by atoms with Gasteiger partial charge in [-0.15, -0.1) is 0 Å². The predicted molar refractivity (Wildman–Crippen MR) is 85.1 cm³/mol. The molecule has 2 saturated heterocycles. The number of piperidine rings is 1. The molecule has 2 rings (SSSR count).